The van der Waals surface area contributed by atoms with Gasteiger partial charge in [0.05, 0.1) is 60.7 Å². The maximum Gasteiger partial charge on any atom is 0.419 e. The first kappa shape index (κ1) is 26.4. The van der Waals surface area contributed by atoms with Crippen molar-refractivity contribution in [3.8, 4) is 5.69 Å². The molecule has 1 saturated heterocycles. The van der Waals surface area contributed by atoms with Gasteiger partial charge < -0.3 is 19.6 Å². The van der Waals surface area contributed by atoms with Gasteiger partial charge in [-0.1, -0.05) is 12.1 Å². The van der Waals surface area contributed by atoms with Gasteiger partial charge in [-0.25, -0.2) is 18.7 Å². The van der Waals surface area contributed by atoms with Crippen LogP contribution in [0.15, 0.2) is 46.5 Å². The Balaban J connectivity index is 1.73. The molecule has 0 amide bonds. The summed E-state index contributed by atoms with van der Waals surface area (Å²) in [6.45, 7) is 4.79. The van der Waals surface area contributed by atoms with Crippen molar-refractivity contribution in [1.82, 2.24) is 24.0 Å². The number of rotatable bonds is 5. The molecular weight excluding hydrogens is 522 g/mol. The molecule has 5 rings (SSSR count). The van der Waals surface area contributed by atoms with Gasteiger partial charge in [0.2, 0.25) is 0 Å². The van der Waals surface area contributed by atoms with E-state index in [-0.39, 0.29) is 27.8 Å². The molecule has 1 N–H and O–H groups in total. The summed E-state index contributed by atoms with van der Waals surface area (Å²) in [7, 11) is 1.39. The molecule has 4 aromatic rings. The van der Waals surface area contributed by atoms with Crippen LogP contribution in [-0.2, 0) is 18.0 Å². The lowest BCUT2D eigenvalue weighted by Gasteiger charge is -2.31. The molecule has 1 fully saturated rings. The van der Waals surface area contributed by atoms with Crippen LogP contribution in [0.4, 0.5) is 23.4 Å². The van der Waals surface area contributed by atoms with Crippen molar-refractivity contribution in [2.24, 2.45) is 7.05 Å². The smallest absolute Gasteiger partial charge is 0.378 e. The number of morpholine rings is 1. The molecule has 0 aliphatic carbocycles. The van der Waals surface area contributed by atoms with Crippen LogP contribution in [0.3, 0.4) is 0 Å². The van der Waals surface area contributed by atoms with Crippen molar-refractivity contribution >= 4 is 16.6 Å². The predicted molar refractivity (Wildman–Crippen MR) is 135 cm³/mol. The molecule has 39 heavy (non-hydrogen) atoms. The Bertz CT molecular complexity index is 1670. The Kier molecular flexibility index (Phi) is 6.66. The number of imidazole rings is 1. The van der Waals surface area contributed by atoms with Gasteiger partial charge in [0.1, 0.15) is 11.5 Å². The largest absolute Gasteiger partial charge is 0.419 e. The SMILES string of the molecule is Cc1cn(-c2c(=O)n(N3CCOCC3)cc3c(N[C@H](C)c4cccc(C(F)(F)F)c4F)nn(C)c(=O)c23)cn1. The van der Waals surface area contributed by atoms with Crippen LogP contribution < -0.4 is 21.4 Å². The molecule has 0 unspecified atom stereocenters. The zero-order valence-corrected chi connectivity index (χ0v) is 21.3. The molecule has 3 aromatic heterocycles. The van der Waals surface area contributed by atoms with Gasteiger partial charge in [0.15, 0.2) is 5.82 Å². The first-order valence-electron chi connectivity index (χ1n) is 12.1. The summed E-state index contributed by atoms with van der Waals surface area (Å²) in [5, 5.41) is 9.26. The summed E-state index contributed by atoms with van der Waals surface area (Å²) in [4.78, 5) is 31.3. The van der Waals surface area contributed by atoms with Crippen LogP contribution in [0, 0.1) is 12.7 Å². The zero-order valence-electron chi connectivity index (χ0n) is 21.3. The van der Waals surface area contributed by atoms with Gasteiger partial charge in [-0.15, -0.1) is 0 Å². The van der Waals surface area contributed by atoms with Crippen LogP contribution in [-0.4, -0.2) is 50.3 Å². The lowest BCUT2D eigenvalue weighted by Crippen LogP contribution is -2.49. The molecule has 0 radical (unpaired) electrons. The highest BCUT2D eigenvalue weighted by Crippen LogP contribution is 2.35. The number of nitrogens with zero attached hydrogens (tertiary/aromatic N) is 6. The lowest BCUT2D eigenvalue weighted by molar-refractivity contribution is -0.140. The molecule has 1 aromatic carbocycles. The summed E-state index contributed by atoms with van der Waals surface area (Å²) >= 11 is 0. The quantitative estimate of drug-likeness (QED) is 0.384. The van der Waals surface area contributed by atoms with E-state index in [2.05, 4.69) is 15.4 Å². The number of halogens is 4. The van der Waals surface area contributed by atoms with Gasteiger partial charge in [0.25, 0.3) is 11.1 Å². The predicted octanol–water partition coefficient (Wildman–Crippen LogP) is 2.89. The third kappa shape index (κ3) is 4.75. The second-order valence-electron chi connectivity index (χ2n) is 9.25. The van der Waals surface area contributed by atoms with Gasteiger partial charge in [-0.3, -0.25) is 9.59 Å². The van der Waals surface area contributed by atoms with E-state index in [9.17, 15) is 27.2 Å². The van der Waals surface area contributed by atoms with Crippen molar-refractivity contribution in [3.05, 3.63) is 80.3 Å². The number of nitrogens with one attached hydrogen (secondary N) is 1. The summed E-state index contributed by atoms with van der Waals surface area (Å²) < 4.78 is 64.2. The number of benzene rings is 1. The van der Waals surface area contributed by atoms with Gasteiger partial charge in [-0.2, -0.15) is 18.3 Å². The highest BCUT2D eigenvalue weighted by Gasteiger charge is 2.35. The monoisotopic (exact) mass is 547 g/mol. The molecule has 1 aliphatic rings. The highest BCUT2D eigenvalue weighted by molar-refractivity contribution is 5.96. The van der Waals surface area contributed by atoms with Crippen LogP contribution in [0.5, 0.6) is 0 Å². The van der Waals surface area contributed by atoms with Crippen molar-refractivity contribution in [3.63, 3.8) is 0 Å². The summed E-state index contributed by atoms with van der Waals surface area (Å²) in [6.07, 6.45) is -0.383. The maximum atomic E-state index is 14.9. The molecule has 206 valence electrons. The number of aromatic nitrogens is 5. The second-order valence-corrected chi connectivity index (χ2v) is 9.25. The Labute approximate surface area is 219 Å². The normalized spacial score (nSPS) is 15.1. The lowest BCUT2D eigenvalue weighted by atomic mass is 10.0. The molecule has 10 nitrogen and oxygen atoms in total. The minimum absolute atomic E-state index is 0.0265. The number of hydrogen-bond donors (Lipinski definition) is 1. The Hall–Kier alpha value is -4.20. The van der Waals surface area contributed by atoms with E-state index >= 15 is 0 Å². The summed E-state index contributed by atoms with van der Waals surface area (Å²) in [5.74, 6) is -1.32. The van der Waals surface area contributed by atoms with Crippen LogP contribution in [0.1, 0.15) is 29.8 Å². The summed E-state index contributed by atoms with van der Waals surface area (Å²) in [5.41, 5.74) is -2.02. The molecule has 1 atom stereocenters. The van der Waals surface area contributed by atoms with Crippen molar-refractivity contribution in [2.75, 3.05) is 36.6 Å². The average Bonchev–Trinajstić information content (AvgIpc) is 3.32. The Morgan fingerprint density at radius 2 is 1.82 bits per heavy atom. The van der Waals surface area contributed by atoms with E-state index in [1.54, 1.807) is 18.1 Å². The number of fused-ring (bicyclic) bond motifs is 1. The van der Waals surface area contributed by atoms with E-state index in [4.69, 9.17) is 4.74 Å². The van der Waals surface area contributed by atoms with Crippen molar-refractivity contribution in [1.29, 1.82) is 0 Å². The van der Waals surface area contributed by atoms with E-state index in [1.165, 1.54) is 41.8 Å². The first-order valence-corrected chi connectivity index (χ1v) is 12.1. The van der Waals surface area contributed by atoms with Crippen LogP contribution in [0.2, 0.25) is 0 Å². The molecule has 14 heteroatoms. The fraction of sp³-hybridized carbons (Fsp3) is 0.360. The molecule has 0 bridgehead atoms. The minimum atomic E-state index is -4.87. The first-order chi connectivity index (χ1) is 18.5. The highest BCUT2D eigenvalue weighted by atomic mass is 19.4. The molecule has 0 spiro atoms. The summed E-state index contributed by atoms with van der Waals surface area (Å²) in [6, 6.07) is 2.06. The molecule has 1 aliphatic heterocycles. The second kappa shape index (κ2) is 9.84. The standard InChI is InChI=1S/C25H25F4N7O3/c1-14-11-34(13-30-14)21-19-17(12-36(24(21)38)35-7-9-39-10-8-35)22(32-33(3)23(19)37)31-15(2)16-5-4-6-18(20(16)26)25(27,28)29/h4-6,11-13,15H,7-10H2,1-3H3,(H,31,32)/t15-/m1/s1. The van der Waals surface area contributed by atoms with Crippen molar-refractivity contribution in [2.45, 2.75) is 26.1 Å². The number of alkyl halides is 3. The van der Waals surface area contributed by atoms with Crippen LogP contribution >= 0.6 is 0 Å². The number of anilines is 1. The zero-order chi connectivity index (χ0) is 28.1. The molecular formula is C25H25F4N7O3. The minimum Gasteiger partial charge on any atom is -0.378 e. The average molecular weight is 548 g/mol. The van der Waals surface area contributed by atoms with E-state index in [0.717, 1.165) is 10.7 Å². The number of ether oxygens (including phenoxy) is 1. The third-order valence-electron chi connectivity index (χ3n) is 6.60. The molecule has 0 saturated carbocycles. The van der Waals surface area contributed by atoms with E-state index < -0.39 is 34.7 Å². The van der Waals surface area contributed by atoms with Crippen LogP contribution in [0.25, 0.3) is 16.5 Å². The number of hydrogen-bond acceptors (Lipinski definition) is 7. The Morgan fingerprint density at radius 1 is 1.10 bits per heavy atom. The van der Waals surface area contributed by atoms with Crippen molar-refractivity contribution < 1.29 is 22.3 Å². The van der Waals surface area contributed by atoms with E-state index in [0.29, 0.717) is 38.1 Å². The topological polar surface area (TPSA) is 99.2 Å². The Morgan fingerprint density at radius 3 is 2.46 bits per heavy atom. The fourth-order valence-electron chi connectivity index (χ4n) is 4.65. The van der Waals surface area contributed by atoms with Gasteiger partial charge in [-0.05, 0) is 19.9 Å². The molecule has 4 heterocycles. The third-order valence-corrected chi connectivity index (χ3v) is 6.60. The van der Waals surface area contributed by atoms with Gasteiger partial charge >= 0.3 is 6.18 Å². The van der Waals surface area contributed by atoms with E-state index in [1.807, 2.05) is 0 Å². The number of pyridine rings is 1. The number of aryl methyl sites for hydroxylation is 2. The maximum absolute atomic E-state index is 14.9. The fourth-order valence-corrected chi connectivity index (χ4v) is 4.65. The van der Waals surface area contributed by atoms with Gasteiger partial charge in [0, 0.05) is 25.0 Å².